The van der Waals surface area contributed by atoms with Crippen molar-refractivity contribution in [3.05, 3.63) is 83.4 Å². The van der Waals surface area contributed by atoms with Gasteiger partial charge in [0.2, 0.25) is 0 Å². The van der Waals surface area contributed by atoms with Gasteiger partial charge in [0, 0.05) is 39.6 Å². The third kappa shape index (κ3) is 3.59. The first-order chi connectivity index (χ1) is 18.3. The second kappa shape index (κ2) is 8.84. The number of aromatic nitrogens is 3. The van der Waals surface area contributed by atoms with Crippen LogP contribution in [-0.2, 0) is 10.2 Å². The summed E-state index contributed by atoms with van der Waals surface area (Å²) in [7, 11) is 1.37. The first-order valence-electron chi connectivity index (χ1n) is 12.7. The zero-order valence-corrected chi connectivity index (χ0v) is 21.5. The molecule has 0 bridgehead atoms. The predicted molar refractivity (Wildman–Crippen MR) is 145 cm³/mol. The summed E-state index contributed by atoms with van der Waals surface area (Å²) in [5, 5.41) is 19.2. The van der Waals surface area contributed by atoms with E-state index in [2.05, 4.69) is 39.9 Å². The monoisotopic (exact) mass is 506 g/mol. The van der Waals surface area contributed by atoms with E-state index in [0.29, 0.717) is 23.5 Å². The number of nitrogens with one attached hydrogen (secondary N) is 1. The molecular weight excluding hydrogens is 479 g/mol. The van der Waals surface area contributed by atoms with E-state index in [4.69, 9.17) is 4.74 Å². The summed E-state index contributed by atoms with van der Waals surface area (Å²) in [6.07, 6.45) is 3.93. The third-order valence-corrected chi connectivity index (χ3v) is 7.92. The van der Waals surface area contributed by atoms with Gasteiger partial charge in [-0.15, -0.1) is 0 Å². The zero-order chi connectivity index (χ0) is 26.6. The Balaban J connectivity index is 1.74. The van der Waals surface area contributed by atoms with Gasteiger partial charge in [-0.1, -0.05) is 19.1 Å². The van der Waals surface area contributed by atoms with Gasteiger partial charge in [0.15, 0.2) is 0 Å². The maximum atomic E-state index is 14.4. The molecule has 0 spiro atoms. The quantitative estimate of drug-likeness (QED) is 0.260. The Morgan fingerprint density at radius 2 is 1.97 bits per heavy atom. The summed E-state index contributed by atoms with van der Waals surface area (Å²) in [4.78, 5) is 12.1. The van der Waals surface area contributed by atoms with Crippen LogP contribution in [0, 0.1) is 30.0 Å². The number of hydrogen-bond donors (Lipinski definition) is 1. The average Bonchev–Trinajstić information content (AvgIpc) is 3.49. The minimum absolute atomic E-state index is 0.258. The molecule has 1 N–H and O–H groups in total. The second-order valence-corrected chi connectivity index (χ2v) is 10.5. The number of rotatable bonds is 5. The van der Waals surface area contributed by atoms with Gasteiger partial charge in [-0.3, -0.25) is 5.10 Å². The number of fused-ring (bicyclic) bond motifs is 2. The van der Waals surface area contributed by atoms with Gasteiger partial charge in [0.25, 0.3) is 0 Å². The molecule has 0 unspecified atom stereocenters. The van der Waals surface area contributed by atoms with E-state index in [0.717, 1.165) is 57.2 Å². The van der Waals surface area contributed by atoms with Crippen LogP contribution >= 0.6 is 0 Å². The molecule has 38 heavy (non-hydrogen) atoms. The molecule has 0 amide bonds. The van der Waals surface area contributed by atoms with Crippen molar-refractivity contribution in [2.45, 2.75) is 38.5 Å². The number of benzene rings is 3. The summed E-state index contributed by atoms with van der Waals surface area (Å²) >= 11 is 0. The number of methoxy groups -OCH3 is 1. The van der Waals surface area contributed by atoms with E-state index in [9.17, 15) is 14.4 Å². The first kappa shape index (κ1) is 23.9. The number of H-pyrrole nitrogens is 1. The highest BCUT2D eigenvalue weighted by Gasteiger charge is 2.47. The number of carbonyl (C=O) groups is 1. The fraction of sp³-hybridized carbons (Fsp3) is 0.258. The number of ether oxygens (including phenoxy) is 1. The summed E-state index contributed by atoms with van der Waals surface area (Å²) in [5.41, 5.74) is 6.37. The van der Waals surface area contributed by atoms with E-state index < -0.39 is 5.97 Å². The predicted octanol–water partition coefficient (Wildman–Crippen LogP) is 6.99. The zero-order valence-electron chi connectivity index (χ0n) is 21.5. The summed E-state index contributed by atoms with van der Waals surface area (Å²) in [6, 6.07) is 19.2. The number of esters is 1. The molecule has 1 aliphatic rings. The third-order valence-electron chi connectivity index (χ3n) is 7.92. The van der Waals surface area contributed by atoms with Crippen LogP contribution in [0.1, 0.15) is 47.8 Å². The maximum absolute atomic E-state index is 14.4. The molecule has 0 radical (unpaired) electrons. The highest BCUT2D eigenvalue weighted by Crippen LogP contribution is 2.55. The van der Waals surface area contributed by atoms with Gasteiger partial charge in [-0.25, -0.2) is 9.18 Å². The van der Waals surface area contributed by atoms with Crippen molar-refractivity contribution >= 4 is 27.8 Å². The molecule has 190 valence electrons. The van der Waals surface area contributed by atoms with Crippen molar-refractivity contribution in [2.24, 2.45) is 5.92 Å². The van der Waals surface area contributed by atoms with Gasteiger partial charge < -0.3 is 9.30 Å². The molecule has 0 atom stereocenters. The number of halogens is 1. The Bertz CT molecular complexity index is 1750. The molecule has 0 aliphatic heterocycles. The Kier molecular flexibility index (Phi) is 5.57. The van der Waals surface area contributed by atoms with E-state index in [1.54, 1.807) is 31.3 Å². The van der Waals surface area contributed by atoms with Crippen LogP contribution in [0.5, 0.6) is 0 Å². The number of carbonyl (C=O) groups excluding carboxylic acids is 1. The van der Waals surface area contributed by atoms with Gasteiger partial charge in [-0.05, 0) is 79.3 Å². The lowest BCUT2D eigenvalue weighted by molar-refractivity contribution is 0.0600. The van der Waals surface area contributed by atoms with Crippen molar-refractivity contribution in [2.75, 3.05) is 7.11 Å². The minimum atomic E-state index is -0.395. The number of nitrogens with zero attached hydrogens (tertiary/aromatic N) is 3. The van der Waals surface area contributed by atoms with Crippen LogP contribution in [0.3, 0.4) is 0 Å². The molecule has 1 aliphatic carbocycles. The lowest BCUT2D eigenvalue weighted by Crippen LogP contribution is -2.41. The van der Waals surface area contributed by atoms with E-state index in [-0.39, 0.29) is 11.2 Å². The van der Waals surface area contributed by atoms with Crippen molar-refractivity contribution in [1.82, 2.24) is 14.8 Å². The topological polar surface area (TPSA) is 83.7 Å². The van der Waals surface area contributed by atoms with E-state index >= 15 is 0 Å². The van der Waals surface area contributed by atoms with Crippen molar-refractivity contribution in [3.8, 4) is 22.9 Å². The molecule has 1 fully saturated rings. The van der Waals surface area contributed by atoms with Gasteiger partial charge in [-0.2, -0.15) is 10.4 Å². The van der Waals surface area contributed by atoms with Crippen LogP contribution in [-0.4, -0.2) is 27.8 Å². The lowest BCUT2D eigenvalue weighted by atomic mass is 9.58. The summed E-state index contributed by atoms with van der Waals surface area (Å²) in [6.45, 7) is 3.98. The number of nitriles is 1. The molecule has 2 heterocycles. The molecule has 0 saturated heterocycles. The molecular formula is C31H27FN4O2. The molecule has 2 aromatic heterocycles. The Labute approximate surface area is 219 Å². The molecule has 3 aromatic carbocycles. The normalized spacial score (nSPS) is 18.9. The SMILES string of the molecule is COC(=O)c1ccc(-c2c(C3(CC#N)CC(C)C3)n(-c3ccc(F)c(C)c3)c3cc4cn[nH]c4cc23)cc1. The Morgan fingerprint density at radius 3 is 2.63 bits per heavy atom. The standard InChI is InChI=1S/C31H27FN4O2/c1-18-15-31(16-18,10-11-33)29-28(20-4-6-21(7-5-20)30(37)38-3)24-14-26-22(17-34-35-26)13-27(24)36(29)23-8-9-25(32)19(2)12-23/h4-9,12-14,17-18H,10,15-16H2,1-3H3,(H,34,35). The Hall–Kier alpha value is -4.44. The Morgan fingerprint density at radius 1 is 1.21 bits per heavy atom. The molecule has 5 aromatic rings. The van der Waals surface area contributed by atoms with Crippen LogP contribution in [0.2, 0.25) is 0 Å². The van der Waals surface area contributed by atoms with Crippen LogP contribution in [0.4, 0.5) is 4.39 Å². The molecule has 6 nitrogen and oxygen atoms in total. The highest BCUT2D eigenvalue weighted by atomic mass is 19.1. The van der Waals surface area contributed by atoms with Crippen molar-refractivity contribution in [3.63, 3.8) is 0 Å². The van der Waals surface area contributed by atoms with Crippen molar-refractivity contribution < 1.29 is 13.9 Å². The van der Waals surface area contributed by atoms with Crippen LogP contribution < -0.4 is 0 Å². The summed E-state index contributed by atoms with van der Waals surface area (Å²) in [5.74, 6) is -0.168. The smallest absolute Gasteiger partial charge is 0.337 e. The largest absolute Gasteiger partial charge is 0.465 e. The average molecular weight is 507 g/mol. The van der Waals surface area contributed by atoms with E-state index in [1.165, 1.54) is 13.2 Å². The highest BCUT2D eigenvalue weighted by molar-refractivity contribution is 6.06. The number of hydrogen-bond acceptors (Lipinski definition) is 4. The fourth-order valence-electron chi connectivity index (χ4n) is 6.29. The minimum Gasteiger partial charge on any atom is -0.465 e. The lowest BCUT2D eigenvalue weighted by Gasteiger charge is -2.46. The molecule has 1 saturated carbocycles. The van der Waals surface area contributed by atoms with Crippen molar-refractivity contribution in [1.29, 1.82) is 5.26 Å². The number of aromatic amines is 1. The second-order valence-electron chi connectivity index (χ2n) is 10.5. The maximum Gasteiger partial charge on any atom is 0.337 e. The van der Waals surface area contributed by atoms with Crippen LogP contribution in [0.15, 0.2) is 60.8 Å². The van der Waals surface area contributed by atoms with E-state index in [1.807, 2.05) is 18.2 Å². The van der Waals surface area contributed by atoms with Crippen LogP contribution in [0.25, 0.3) is 38.6 Å². The molecule has 7 heteroatoms. The van der Waals surface area contributed by atoms with Gasteiger partial charge in [0.1, 0.15) is 5.82 Å². The summed E-state index contributed by atoms with van der Waals surface area (Å²) < 4.78 is 21.5. The number of aryl methyl sites for hydroxylation is 1. The fourth-order valence-corrected chi connectivity index (χ4v) is 6.29. The molecule has 6 rings (SSSR count). The van der Waals surface area contributed by atoms with Gasteiger partial charge >= 0.3 is 5.97 Å². The van der Waals surface area contributed by atoms with Gasteiger partial charge in [0.05, 0.1) is 36.0 Å². The first-order valence-corrected chi connectivity index (χ1v) is 12.7.